The smallest absolute Gasteiger partial charge is 0.180 e. The third-order valence-electron chi connectivity index (χ3n) is 3.68. The van der Waals surface area contributed by atoms with Gasteiger partial charge in [0.2, 0.25) is 0 Å². The zero-order valence-corrected chi connectivity index (χ0v) is 10.3. The zero-order valence-electron chi connectivity index (χ0n) is 10.3. The quantitative estimate of drug-likeness (QED) is 0.861. The number of rotatable bonds is 2. The maximum atomic E-state index is 9.48. The minimum absolute atomic E-state index is 0.159. The summed E-state index contributed by atoms with van der Waals surface area (Å²) in [4.78, 5) is 15.1. The van der Waals surface area contributed by atoms with Gasteiger partial charge in [-0.1, -0.05) is 6.92 Å². The van der Waals surface area contributed by atoms with Crippen molar-refractivity contribution >= 4 is 17.0 Å². The fraction of sp³-hybridized carbons (Fsp3) is 0.462. The van der Waals surface area contributed by atoms with Crippen molar-refractivity contribution in [3.8, 4) is 0 Å². The summed E-state index contributed by atoms with van der Waals surface area (Å²) in [6.45, 7) is 3.27. The van der Waals surface area contributed by atoms with Gasteiger partial charge >= 0.3 is 0 Å². The van der Waals surface area contributed by atoms with Crippen LogP contribution in [0.1, 0.15) is 13.3 Å². The molecule has 1 saturated heterocycles. The Morgan fingerprint density at radius 1 is 1.33 bits per heavy atom. The molecular weight excluding hydrogens is 228 g/mol. The lowest BCUT2D eigenvalue weighted by molar-refractivity contribution is 0.244. The van der Waals surface area contributed by atoms with E-state index >= 15 is 0 Å². The lowest BCUT2D eigenvalue weighted by atomic mass is 10.0. The van der Waals surface area contributed by atoms with Crippen LogP contribution in [0, 0.1) is 5.92 Å². The van der Waals surface area contributed by atoms with Crippen LogP contribution in [0.15, 0.2) is 24.5 Å². The van der Waals surface area contributed by atoms with Crippen LogP contribution in [-0.4, -0.2) is 39.3 Å². The monoisotopic (exact) mass is 244 g/mol. The molecule has 1 aliphatic heterocycles. The largest absolute Gasteiger partial charge is 0.394 e. The number of nitrogens with zero attached hydrogens (tertiary/aromatic N) is 4. The van der Waals surface area contributed by atoms with Crippen molar-refractivity contribution < 1.29 is 5.11 Å². The normalized spacial score (nSPS) is 23.8. The van der Waals surface area contributed by atoms with E-state index in [9.17, 15) is 5.11 Å². The van der Waals surface area contributed by atoms with E-state index in [1.165, 1.54) is 0 Å². The molecule has 1 fully saturated rings. The fourth-order valence-electron chi connectivity index (χ4n) is 2.58. The van der Waals surface area contributed by atoms with Crippen LogP contribution in [0.5, 0.6) is 0 Å². The van der Waals surface area contributed by atoms with Crippen molar-refractivity contribution in [1.29, 1.82) is 0 Å². The zero-order chi connectivity index (χ0) is 12.5. The van der Waals surface area contributed by atoms with Gasteiger partial charge in [-0.25, -0.2) is 9.97 Å². The highest BCUT2D eigenvalue weighted by molar-refractivity contribution is 5.71. The molecular formula is C13H16N4O. The van der Waals surface area contributed by atoms with Gasteiger partial charge in [0.05, 0.1) is 12.6 Å². The summed E-state index contributed by atoms with van der Waals surface area (Å²) >= 11 is 0. The first-order chi connectivity index (χ1) is 8.79. The van der Waals surface area contributed by atoms with Crippen molar-refractivity contribution in [2.75, 3.05) is 18.1 Å². The van der Waals surface area contributed by atoms with Gasteiger partial charge in [0, 0.05) is 18.9 Å². The lowest BCUT2D eigenvalue weighted by Gasteiger charge is -2.26. The molecule has 18 heavy (non-hydrogen) atoms. The average Bonchev–Trinajstić information content (AvgIpc) is 2.79. The van der Waals surface area contributed by atoms with Gasteiger partial charge in [-0.3, -0.25) is 4.98 Å². The van der Waals surface area contributed by atoms with E-state index in [1.54, 1.807) is 12.4 Å². The Morgan fingerprint density at radius 2 is 2.17 bits per heavy atom. The van der Waals surface area contributed by atoms with Crippen LogP contribution in [-0.2, 0) is 0 Å². The Kier molecular flexibility index (Phi) is 2.83. The Bertz CT molecular complexity index is 559. The number of fused-ring (bicyclic) bond motifs is 1. The maximum Gasteiger partial charge on any atom is 0.180 e. The minimum atomic E-state index is 0.159. The fourth-order valence-corrected chi connectivity index (χ4v) is 2.58. The summed E-state index contributed by atoms with van der Waals surface area (Å²) in [5.41, 5.74) is 1.46. The molecule has 0 saturated carbocycles. The molecule has 94 valence electrons. The summed E-state index contributed by atoms with van der Waals surface area (Å²) in [6, 6.07) is 4.05. The van der Waals surface area contributed by atoms with E-state index in [0.717, 1.165) is 24.3 Å². The third kappa shape index (κ3) is 1.80. The van der Waals surface area contributed by atoms with Crippen LogP contribution in [0.2, 0.25) is 0 Å². The van der Waals surface area contributed by atoms with Gasteiger partial charge in [-0.15, -0.1) is 0 Å². The van der Waals surface area contributed by atoms with Gasteiger partial charge in [0.1, 0.15) is 11.3 Å². The summed E-state index contributed by atoms with van der Waals surface area (Å²) in [5, 5.41) is 9.48. The molecule has 0 radical (unpaired) electrons. The maximum absolute atomic E-state index is 9.48. The number of hydrogen-bond acceptors (Lipinski definition) is 5. The van der Waals surface area contributed by atoms with Gasteiger partial charge in [0.25, 0.3) is 0 Å². The van der Waals surface area contributed by atoms with Crippen LogP contribution in [0.25, 0.3) is 11.2 Å². The molecule has 3 rings (SSSR count). The van der Waals surface area contributed by atoms with Crippen LogP contribution < -0.4 is 4.90 Å². The summed E-state index contributed by atoms with van der Waals surface area (Å²) in [5.74, 6) is 1.38. The highest BCUT2D eigenvalue weighted by Crippen LogP contribution is 2.28. The first kappa shape index (κ1) is 11.3. The standard InChI is InChI=1S/C13H16N4O/c1-9-4-7-17(11(9)8-18)12-3-2-10-13(16-12)15-6-5-14-10/h2-3,5-6,9,11,18H,4,7-8H2,1H3. The number of aromatic nitrogens is 3. The number of hydrogen-bond donors (Lipinski definition) is 1. The van der Waals surface area contributed by atoms with Gasteiger partial charge in [-0.05, 0) is 24.5 Å². The molecule has 0 amide bonds. The minimum Gasteiger partial charge on any atom is -0.394 e. The highest BCUT2D eigenvalue weighted by Gasteiger charge is 2.31. The van der Waals surface area contributed by atoms with Crippen LogP contribution in [0.3, 0.4) is 0 Å². The van der Waals surface area contributed by atoms with Crippen molar-refractivity contribution in [2.45, 2.75) is 19.4 Å². The predicted molar refractivity (Wildman–Crippen MR) is 69.3 cm³/mol. The first-order valence-electron chi connectivity index (χ1n) is 6.25. The van der Waals surface area contributed by atoms with Crippen LogP contribution in [0.4, 0.5) is 5.82 Å². The van der Waals surface area contributed by atoms with Crippen LogP contribution >= 0.6 is 0 Å². The van der Waals surface area contributed by atoms with E-state index in [0.29, 0.717) is 11.6 Å². The van der Waals surface area contributed by atoms with E-state index in [-0.39, 0.29) is 12.6 Å². The summed E-state index contributed by atoms with van der Waals surface area (Å²) < 4.78 is 0. The molecule has 2 aromatic rings. The van der Waals surface area contributed by atoms with Crippen molar-refractivity contribution in [1.82, 2.24) is 15.0 Å². The summed E-state index contributed by atoms with van der Waals surface area (Å²) in [7, 11) is 0. The molecule has 3 heterocycles. The average molecular weight is 244 g/mol. The van der Waals surface area contributed by atoms with E-state index in [4.69, 9.17) is 0 Å². The molecule has 0 bridgehead atoms. The number of aliphatic hydroxyl groups excluding tert-OH is 1. The van der Waals surface area contributed by atoms with E-state index in [1.807, 2.05) is 12.1 Å². The first-order valence-corrected chi connectivity index (χ1v) is 6.25. The molecule has 1 N–H and O–H groups in total. The third-order valence-corrected chi connectivity index (χ3v) is 3.68. The SMILES string of the molecule is CC1CCN(c2ccc3nccnc3n2)C1CO. The molecule has 1 aliphatic rings. The van der Waals surface area contributed by atoms with E-state index < -0.39 is 0 Å². The van der Waals surface area contributed by atoms with Gasteiger partial charge < -0.3 is 10.0 Å². The number of aliphatic hydroxyl groups is 1. The Morgan fingerprint density at radius 3 is 3.00 bits per heavy atom. The topological polar surface area (TPSA) is 62.1 Å². The molecule has 2 atom stereocenters. The Hall–Kier alpha value is -1.75. The predicted octanol–water partition coefficient (Wildman–Crippen LogP) is 1.23. The van der Waals surface area contributed by atoms with E-state index in [2.05, 4.69) is 26.8 Å². The van der Waals surface area contributed by atoms with Crippen molar-refractivity contribution in [3.63, 3.8) is 0 Å². The second-order valence-electron chi connectivity index (χ2n) is 4.78. The van der Waals surface area contributed by atoms with Gasteiger partial charge in [-0.2, -0.15) is 0 Å². The number of pyridine rings is 1. The number of anilines is 1. The van der Waals surface area contributed by atoms with Crippen molar-refractivity contribution in [3.05, 3.63) is 24.5 Å². The molecule has 2 aromatic heterocycles. The molecule has 2 unspecified atom stereocenters. The molecule has 0 aromatic carbocycles. The molecule has 0 spiro atoms. The molecule has 0 aliphatic carbocycles. The highest BCUT2D eigenvalue weighted by atomic mass is 16.3. The summed E-state index contributed by atoms with van der Waals surface area (Å²) in [6.07, 6.45) is 4.40. The Labute approximate surface area is 106 Å². The molecule has 5 nitrogen and oxygen atoms in total. The van der Waals surface area contributed by atoms with Crippen molar-refractivity contribution in [2.24, 2.45) is 5.92 Å². The lowest BCUT2D eigenvalue weighted by Crippen LogP contribution is -2.35. The molecule has 5 heteroatoms. The Balaban J connectivity index is 1.99. The van der Waals surface area contributed by atoms with Gasteiger partial charge in [0.15, 0.2) is 5.65 Å². The second kappa shape index (κ2) is 4.49. The second-order valence-corrected chi connectivity index (χ2v) is 4.78.